The molecule has 4 nitrogen and oxygen atoms in total. The molecule has 0 bridgehead atoms. The van der Waals surface area contributed by atoms with E-state index in [1.54, 1.807) is 19.1 Å². The van der Waals surface area contributed by atoms with Crippen LogP contribution in [0, 0.1) is 0 Å². The molecule has 1 rings (SSSR count). The van der Waals surface area contributed by atoms with Gasteiger partial charge in [-0.15, -0.1) is 0 Å². The van der Waals surface area contributed by atoms with Crippen LogP contribution in [-0.2, 0) is 4.79 Å². The van der Waals surface area contributed by atoms with Gasteiger partial charge in [-0.2, -0.15) is 0 Å². The number of primary amides is 1. The van der Waals surface area contributed by atoms with Crippen LogP contribution in [0.25, 0.3) is 0 Å². The highest BCUT2D eigenvalue weighted by atomic mass is 35.5. The maximum Gasteiger partial charge on any atom is 0.250 e. The smallest absolute Gasteiger partial charge is 0.250 e. The molecule has 5 heteroatoms. The summed E-state index contributed by atoms with van der Waals surface area (Å²) in [5.41, 5.74) is 5.78. The lowest BCUT2D eigenvalue weighted by Crippen LogP contribution is -2.13. The third kappa shape index (κ3) is 3.10. The molecule has 0 heterocycles. The molecule has 0 fully saturated rings. The Morgan fingerprint density at radius 3 is 2.69 bits per heavy atom. The quantitative estimate of drug-likeness (QED) is 0.790. The Kier molecular flexibility index (Phi) is 4.08. The number of hydrogen-bond donors (Lipinski definition) is 2. The largest absolute Gasteiger partial charge is 0.366 e. The molecular formula is C11H11ClN2O2. The van der Waals surface area contributed by atoms with Gasteiger partial charge >= 0.3 is 0 Å². The molecule has 0 spiro atoms. The molecule has 0 unspecified atom stereocenters. The molecule has 0 aromatic heterocycles. The molecule has 2 amide bonds. The monoisotopic (exact) mass is 238 g/mol. The average Bonchev–Trinajstić information content (AvgIpc) is 2.21. The molecular weight excluding hydrogens is 228 g/mol. The second kappa shape index (κ2) is 5.32. The number of benzene rings is 1. The number of carbonyl (C=O) groups excluding carboxylic acids is 2. The molecule has 0 aliphatic carbocycles. The SMILES string of the molecule is CC=CC(=O)Nc1ccc(Cl)c(C(N)=O)c1. The van der Waals surface area contributed by atoms with E-state index in [9.17, 15) is 9.59 Å². The van der Waals surface area contributed by atoms with Crippen LogP contribution >= 0.6 is 11.6 Å². The first-order chi connectivity index (χ1) is 7.54. The van der Waals surface area contributed by atoms with Gasteiger partial charge in [0.15, 0.2) is 0 Å². The van der Waals surface area contributed by atoms with E-state index in [-0.39, 0.29) is 16.5 Å². The van der Waals surface area contributed by atoms with Crippen molar-refractivity contribution in [2.75, 3.05) is 5.32 Å². The van der Waals surface area contributed by atoms with Gasteiger partial charge < -0.3 is 11.1 Å². The van der Waals surface area contributed by atoms with Crippen molar-refractivity contribution in [3.05, 3.63) is 40.9 Å². The Hall–Kier alpha value is -1.81. The Bertz CT molecular complexity index is 455. The fourth-order valence-corrected chi connectivity index (χ4v) is 1.34. The van der Waals surface area contributed by atoms with Gasteiger partial charge in [0.2, 0.25) is 11.8 Å². The second-order valence-corrected chi connectivity index (χ2v) is 3.46. The minimum Gasteiger partial charge on any atom is -0.366 e. The summed E-state index contributed by atoms with van der Waals surface area (Å²) in [7, 11) is 0. The molecule has 0 aliphatic rings. The summed E-state index contributed by atoms with van der Waals surface area (Å²) in [6.07, 6.45) is 2.98. The summed E-state index contributed by atoms with van der Waals surface area (Å²) in [5.74, 6) is -0.910. The molecule has 0 saturated heterocycles. The van der Waals surface area contributed by atoms with Crippen molar-refractivity contribution in [2.45, 2.75) is 6.92 Å². The number of carbonyl (C=O) groups is 2. The number of allylic oxidation sites excluding steroid dienone is 1. The van der Waals surface area contributed by atoms with Crippen molar-refractivity contribution in [1.82, 2.24) is 0 Å². The topological polar surface area (TPSA) is 72.2 Å². The number of nitrogens with two attached hydrogens (primary N) is 1. The average molecular weight is 239 g/mol. The number of nitrogens with one attached hydrogen (secondary N) is 1. The molecule has 1 aromatic carbocycles. The van der Waals surface area contributed by atoms with Crippen LogP contribution in [0.1, 0.15) is 17.3 Å². The van der Waals surface area contributed by atoms with Crippen LogP contribution in [0.2, 0.25) is 5.02 Å². The van der Waals surface area contributed by atoms with Gasteiger partial charge in [-0.25, -0.2) is 0 Å². The zero-order valence-electron chi connectivity index (χ0n) is 8.66. The highest BCUT2D eigenvalue weighted by molar-refractivity contribution is 6.34. The summed E-state index contributed by atoms with van der Waals surface area (Å²) in [5, 5.41) is 2.83. The second-order valence-electron chi connectivity index (χ2n) is 3.05. The molecule has 1 aromatic rings. The zero-order valence-corrected chi connectivity index (χ0v) is 9.41. The normalized spacial score (nSPS) is 10.4. The van der Waals surface area contributed by atoms with Crippen LogP contribution in [0.15, 0.2) is 30.4 Å². The summed E-state index contributed by atoms with van der Waals surface area (Å²) in [6, 6.07) is 4.54. The van der Waals surface area contributed by atoms with Crippen molar-refractivity contribution < 1.29 is 9.59 Å². The van der Waals surface area contributed by atoms with Crippen molar-refractivity contribution >= 4 is 29.1 Å². The molecule has 3 N–H and O–H groups in total. The lowest BCUT2D eigenvalue weighted by atomic mass is 10.2. The Morgan fingerprint density at radius 1 is 1.44 bits per heavy atom. The van der Waals surface area contributed by atoms with E-state index in [4.69, 9.17) is 17.3 Å². The maximum absolute atomic E-state index is 11.2. The minimum absolute atomic E-state index is 0.181. The predicted molar refractivity (Wildman–Crippen MR) is 63.4 cm³/mol. The fourth-order valence-electron chi connectivity index (χ4n) is 1.13. The van der Waals surface area contributed by atoms with E-state index in [2.05, 4.69) is 5.32 Å². The summed E-state index contributed by atoms with van der Waals surface area (Å²) in [6.45, 7) is 1.73. The number of rotatable bonds is 3. The van der Waals surface area contributed by atoms with E-state index in [1.807, 2.05) is 0 Å². The van der Waals surface area contributed by atoms with Gasteiger partial charge in [0.25, 0.3) is 0 Å². The molecule has 16 heavy (non-hydrogen) atoms. The number of amides is 2. The highest BCUT2D eigenvalue weighted by Crippen LogP contribution is 2.20. The van der Waals surface area contributed by atoms with E-state index in [0.29, 0.717) is 5.69 Å². The maximum atomic E-state index is 11.2. The number of hydrogen-bond acceptors (Lipinski definition) is 2. The van der Waals surface area contributed by atoms with Gasteiger partial charge in [-0.05, 0) is 31.2 Å². The number of halogens is 1. The van der Waals surface area contributed by atoms with E-state index >= 15 is 0 Å². The lowest BCUT2D eigenvalue weighted by molar-refractivity contribution is -0.111. The fraction of sp³-hybridized carbons (Fsp3) is 0.0909. The van der Waals surface area contributed by atoms with Crippen LogP contribution in [0.3, 0.4) is 0 Å². The van der Waals surface area contributed by atoms with Crippen LogP contribution < -0.4 is 11.1 Å². The van der Waals surface area contributed by atoms with Crippen molar-refractivity contribution in [2.24, 2.45) is 5.73 Å². The summed E-state index contributed by atoms with van der Waals surface area (Å²) in [4.78, 5) is 22.2. The van der Waals surface area contributed by atoms with Gasteiger partial charge in [-0.3, -0.25) is 9.59 Å². The standard InChI is InChI=1S/C11H11ClN2O2/c1-2-3-10(15)14-7-4-5-9(12)8(6-7)11(13)16/h2-6H,1H3,(H2,13,16)(H,14,15). The zero-order chi connectivity index (χ0) is 12.1. The van der Waals surface area contributed by atoms with E-state index in [1.165, 1.54) is 18.2 Å². The first-order valence-corrected chi connectivity index (χ1v) is 4.95. The van der Waals surface area contributed by atoms with Gasteiger partial charge in [-0.1, -0.05) is 17.7 Å². The highest BCUT2D eigenvalue weighted by Gasteiger charge is 2.08. The Balaban J connectivity index is 2.95. The van der Waals surface area contributed by atoms with Gasteiger partial charge in [0, 0.05) is 5.69 Å². The van der Waals surface area contributed by atoms with E-state index in [0.717, 1.165) is 0 Å². The summed E-state index contributed by atoms with van der Waals surface area (Å²) < 4.78 is 0. The Labute approximate surface area is 98.1 Å². The molecule has 0 radical (unpaired) electrons. The predicted octanol–water partition coefficient (Wildman–Crippen LogP) is 1.95. The minimum atomic E-state index is -0.632. The van der Waals surface area contributed by atoms with Crippen LogP contribution in [0.5, 0.6) is 0 Å². The lowest BCUT2D eigenvalue weighted by Gasteiger charge is -2.05. The van der Waals surface area contributed by atoms with Crippen molar-refractivity contribution in [3.8, 4) is 0 Å². The number of anilines is 1. The van der Waals surface area contributed by atoms with Crippen molar-refractivity contribution in [3.63, 3.8) is 0 Å². The molecule has 0 aliphatic heterocycles. The Morgan fingerprint density at radius 2 is 2.12 bits per heavy atom. The van der Waals surface area contributed by atoms with Gasteiger partial charge in [0.1, 0.15) is 0 Å². The first-order valence-electron chi connectivity index (χ1n) is 4.57. The van der Waals surface area contributed by atoms with Crippen molar-refractivity contribution in [1.29, 1.82) is 0 Å². The molecule has 84 valence electrons. The molecule has 0 saturated carbocycles. The third-order valence-electron chi connectivity index (χ3n) is 1.82. The first kappa shape index (κ1) is 12.3. The van der Waals surface area contributed by atoms with Crippen LogP contribution in [0.4, 0.5) is 5.69 Å². The molecule has 0 atom stereocenters. The summed E-state index contributed by atoms with van der Waals surface area (Å²) >= 11 is 5.76. The van der Waals surface area contributed by atoms with Crippen LogP contribution in [-0.4, -0.2) is 11.8 Å². The van der Waals surface area contributed by atoms with Gasteiger partial charge in [0.05, 0.1) is 10.6 Å². The third-order valence-corrected chi connectivity index (χ3v) is 2.15. The van der Waals surface area contributed by atoms with E-state index < -0.39 is 5.91 Å².